The molecule has 0 spiro atoms. The maximum absolute atomic E-state index is 12.2. The van der Waals surface area contributed by atoms with E-state index in [9.17, 15) is 9.90 Å². The number of rotatable bonds is 5. The topological polar surface area (TPSA) is 52.6 Å². The van der Waals surface area contributed by atoms with Crippen LogP contribution < -0.4 is 5.32 Å². The van der Waals surface area contributed by atoms with Crippen molar-refractivity contribution in [1.29, 1.82) is 0 Å². The Balaban J connectivity index is 1.81. The van der Waals surface area contributed by atoms with Gasteiger partial charge >= 0.3 is 6.03 Å². The van der Waals surface area contributed by atoms with Crippen molar-refractivity contribution >= 4 is 17.4 Å². The first-order chi connectivity index (χ1) is 9.90. The number of carbonyl (C=O) groups excluding carboxylic acids is 1. The molecule has 0 aliphatic heterocycles. The molecule has 1 aromatic heterocycles. The summed E-state index contributed by atoms with van der Waals surface area (Å²) in [7, 11) is 1.80. The summed E-state index contributed by atoms with van der Waals surface area (Å²) in [5, 5.41) is 14.9. The number of hydrogen-bond acceptors (Lipinski definition) is 3. The zero-order valence-electron chi connectivity index (χ0n) is 13.1. The fourth-order valence-corrected chi connectivity index (χ4v) is 3.70. The number of aliphatic hydroxyl groups excluding tert-OH is 1. The highest BCUT2D eigenvalue weighted by Gasteiger charge is 2.28. The highest BCUT2D eigenvalue weighted by atomic mass is 32.1. The van der Waals surface area contributed by atoms with Crippen molar-refractivity contribution in [2.24, 2.45) is 5.92 Å². The van der Waals surface area contributed by atoms with Crippen LogP contribution in [0.1, 0.15) is 38.0 Å². The van der Waals surface area contributed by atoms with E-state index in [-0.39, 0.29) is 23.5 Å². The first kappa shape index (κ1) is 16.3. The van der Waals surface area contributed by atoms with Gasteiger partial charge in [0.15, 0.2) is 0 Å². The normalized spacial score (nSPS) is 22.3. The van der Waals surface area contributed by atoms with E-state index in [0.717, 1.165) is 19.3 Å². The molecule has 1 aliphatic carbocycles. The number of aliphatic hydroxyl groups is 1. The SMILES string of the molecule is CN(CC1CCCC1O)C(=O)NCC(C)(C)c1cccs1. The number of amides is 2. The van der Waals surface area contributed by atoms with Gasteiger partial charge in [-0.3, -0.25) is 0 Å². The smallest absolute Gasteiger partial charge is 0.317 e. The molecule has 2 N–H and O–H groups in total. The predicted octanol–water partition coefficient (Wildman–Crippen LogP) is 2.83. The second-order valence-electron chi connectivity index (χ2n) is 6.66. The van der Waals surface area contributed by atoms with Gasteiger partial charge in [-0.1, -0.05) is 26.3 Å². The monoisotopic (exact) mass is 310 g/mol. The highest BCUT2D eigenvalue weighted by molar-refractivity contribution is 7.10. The van der Waals surface area contributed by atoms with E-state index in [1.54, 1.807) is 23.3 Å². The van der Waals surface area contributed by atoms with Gasteiger partial charge < -0.3 is 15.3 Å². The summed E-state index contributed by atoms with van der Waals surface area (Å²) in [6.45, 7) is 5.52. The molecular weight excluding hydrogens is 284 g/mol. The van der Waals surface area contributed by atoms with Crippen molar-refractivity contribution in [2.45, 2.75) is 44.6 Å². The summed E-state index contributed by atoms with van der Waals surface area (Å²) in [5.74, 6) is 0.228. The molecule has 0 aromatic carbocycles. The molecule has 1 aliphatic rings. The average molecular weight is 310 g/mol. The van der Waals surface area contributed by atoms with Gasteiger partial charge in [0.1, 0.15) is 0 Å². The first-order valence-corrected chi connectivity index (χ1v) is 8.49. The molecule has 1 heterocycles. The van der Waals surface area contributed by atoms with E-state index in [0.29, 0.717) is 13.1 Å². The van der Waals surface area contributed by atoms with Crippen molar-refractivity contribution in [3.63, 3.8) is 0 Å². The average Bonchev–Trinajstić information content (AvgIpc) is 3.09. The van der Waals surface area contributed by atoms with Crippen LogP contribution in [0.15, 0.2) is 17.5 Å². The van der Waals surface area contributed by atoms with Crippen LogP contribution in [-0.4, -0.2) is 42.3 Å². The minimum Gasteiger partial charge on any atom is -0.393 e. The molecule has 1 fully saturated rings. The molecule has 0 radical (unpaired) electrons. The van der Waals surface area contributed by atoms with Crippen LogP contribution in [0.4, 0.5) is 4.79 Å². The molecule has 21 heavy (non-hydrogen) atoms. The lowest BCUT2D eigenvalue weighted by Gasteiger charge is -2.27. The van der Waals surface area contributed by atoms with Crippen LogP contribution in [-0.2, 0) is 5.41 Å². The Labute approximate surface area is 131 Å². The van der Waals surface area contributed by atoms with Gasteiger partial charge in [-0.15, -0.1) is 11.3 Å². The van der Waals surface area contributed by atoms with Crippen molar-refractivity contribution in [3.8, 4) is 0 Å². The van der Waals surface area contributed by atoms with Crippen LogP contribution in [0.3, 0.4) is 0 Å². The van der Waals surface area contributed by atoms with Crippen molar-refractivity contribution in [2.75, 3.05) is 20.1 Å². The summed E-state index contributed by atoms with van der Waals surface area (Å²) >= 11 is 1.72. The van der Waals surface area contributed by atoms with Gasteiger partial charge in [0.05, 0.1) is 6.10 Å². The summed E-state index contributed by atoms with van der Waals surface area (Å²) < 4.78 is 0. The summed E-state index contributed by atoms with van der Waals surface area (Å²) in [6.07, 6.45) is 2.69. The Kier molecular flexibility index (Phi) is 5.27. The molecule has 4 nitrogen and oxygen atoms in total. The van der Waals surface area contributed by atoms with Crippen LogP contribution in [0, 0.1) is 5.92 Å². The fourth-order valence-electron chi connectivity index (χ4n) is 2.85. The Morgan fingerprint density at radius 3 is 2.86 bits per heavy atom. The van der Waals surface area contributed by atoms with E-state index >= 15 is 0 Å². The second kappa shape index (κ2) is 6.79. The van der Waals surface area contributed by atoms with Gasteiger partial charge in [0.25, 0.3) is 0 Å². The fraction of sp³-hybridized carbons (Fsp3) is 0.688. The zero-order chi connectivity index (χ0) is 15.5. The quantitative estimate of drug-likeness (QED) is 0.878. The third-order valence-electron chi connectivity index (χ3n) is 4.34. The van der Waals surface area contributed by atoms with E-state index in [1.807, 2.05) is 6.07 Å². The summed E-state index contributed by atoms with van der Waals surface area (Å²) in [5.41, 5.74) is -0.0580. The molecule has 2 rings (SSSR count). The molecule has 0 bridgehead atoms. The number of urea groups is 1. The standard InChI is InChI=1S/C16H26N2O2S/c1-16(2,14-8-5-9-21-14)11-17-15(20)18(3)10-12-6-4-7-13(12)19/h5,8-9,12-13,19H,4,6-7,10-11H2,1-3H3,(H,17,20). The molecule has 2 unspecified atom stereocenters. The molecule has 1 aromatic rings. The molecule has 2 atom stereocenters. The van der Waals surface area contributed by atoms with Gasteiger partial charge in [-0.2, -0.15) is 0 Å². The number of thiophene rings is 1. The molecule has 1 saturated carbocycles. The van der Waals surface area contributed by atoms with Crippen LogP contribution >= 0.6 is 11.3 Å². The minimum atomic E-state index is -0.247. The maximum atomic E-state index is 12.2. The van der Waals surface area contributed by atoms with Crippen LogP contribution in [0.5, 0.6) is 0 Å². The van der Waals surface area contributed by atoms with Crippen LogP contribution in [0.2, 0.25) is 0 Å². The summed E-state index contributed by atoms with van der Waals surface area (Å²) in [4.78, 5) is 15.2. The zero-order valence-corrected chi connectivity index (χ0v) is 13.9. The molecule has 5 heteroatoms. The highest BCUT2D eigenvalue weighted by Crippen LogP contribution is 2.27. The van der Waals surface area contributed by atoms with Crippen molar-refractivity contribution in [3.05, 3.63) is 22.4 Å². The largest absolute Gasteiger partial charge is 0.393 e. The van der Waals surface area contributed by atoms with Crippen molar-refractivity contribution in [1.82, 2.24) is 10.2 Å². The van der Waals surface area contributed by atoms with E-state index in [1.165, 1.54) is 4.88 Å². The third kappa shape index (κ3) is 4.20. The molecule has 0 saturated heterocycles. The third-order valence-corrected chi connectivity index (χ3v) is 5.58. The molecule has 2 amide bonds. The van der Waals surface area contributed by atoms with Gasteiger partial charge in [0.2, 0.25) is 0 Å². The van der Waals surface area contributed by atoms with Crippen LogP contribution in [0.25, 0.3) is 0 Å². The first-order valence-electron chi connectivity index (χ1n) is 7.61. The van der Waals surface area contributed by atoms with Crippen molar-refractivity contribution < 1.29 is 9.90 Å². The molecule has 118 valence electrons. The lowest BCUT2D eigenvalue weighted by molar-refractivity contribution is 0.113. The number of carbonyl (C=O) groups is 1. The summed E-state index contributed by atoms with van der Waals surface area (Å²) in [6, 6.07) is 4.09. The Morgan fingerprint density at radius 2 is 2.29 bits per heavy atom. The minimum absolute atomic E-state index is 0.0567. The van der Waals surface area contributed by atoms with Gasteiger partial charge in [-0.05, 0) is 24.3 Å². The lowest BCUT2D eigenvalue weighted by atomic mass is 9.91. The lowest BCUT2D eigenvalue weighted by Crippen LogP contribution is -2.45. The van der Waals surface area contributed by atoms with E-state index < -0.39 is 0 Å². The maximum Gasteiger partial charge on any atom is 0.317 e. The Bertz CT molecular complexity index is 459. The number of hydrogen-bond donors (Lipinski definition) is 2. The second-order valence-corrected chi connectivity index (χ2v) is 7.61. The number of nitrogens with zero attached hydrogens (tertiary/aromatic N) is 1. The number of nitrogens with one attached hydrogen (secondary N) is 1. The Hall–Kier alpha value is -1.07. The predicted molar refractivity (Wildman–Crippen MR) is 86.7 cm³/mol. The van der Waals surface area contributed by atoms with E-state index in [2.05, 4.69) is 30.6 Å². The molecular formula is C16H26N2O2S. The Morgan fingerprint density at radius 1 is 1.52 bits per heavy atom. The van der Waals surface area contributed by atoms with Gasteiger partial charge in [-0.25, -0.2) is 4.79 Å². The van der Waals surface area contributed by atoms with E-state index in [4.69, 9.17) is 0 Å². The van der Waals surface area contributed by atoms with Gasteiger partial charge in [0, 0.05) is 36.3 Å².